The van der Waals surface area contributed by atoms with Crippen molar-refractivity contribution in [2.75, 3.05) is 5.43 Å². The van der Waals surface area contributed by atoms with Crippen molar-refractivity contribution < 1.29 is 25.9 Å². The Bertz CT molecular complexity index is 626. The number of nitrogens with one attached hydrogen (secondary N) is 2. The Balaban J connectivity index is 3.08. The van der Waals surface area contributed by atoms with Crippen LogP contribution in [0.4, 0.5) is 5.69 Å². The minimum atomic E-state index is -4.52. The predicted octanol–water partition coefficient (Wildman–Crippen LogP) is 0.306. The molecule has 1 rings (SSSR count). The van der Waals surface area contributed by atoms with Gasteiger partial charge in [-0.15, -0.1) is 4.83 Å². The minimum absolute atomic E-state index is 0.0199. The molecule has 0 aromatic heterocycles. The number of benzene rings is 1. The van der Waals surface area contributed by atoms with Crippen LogP contribution in [-0.2, 0) is 20.4 Å². The molecule has 0 heterocycles. The molecule has 1 aromatic carbocycles. The van der Waals surface area contributed by atoms with Gasteiger partial charge in [-0.2, -0.15) is 16.8 Å². The third-order valence-corrected chi connectivity index (χ3v) is 3.09. The summed E-state index contributed by atoms with van der Waals surface area (Å²) in [6, 6.07) is 3.03. The molecule has 96 valence electrons. The molecule has 0 aliphatic carbocycles. The van der Waals surface area contributed by atoms with E-state index < -0.39 is 25.3 Å². The summed E-state index contributed by atoms with van der Waals surface area (Å²) < 4.78 is 59.5. The quantitative estimate of drug-likeness (QED) is 0.464. The molecule has 4 N–H and O–H groups in total. The van der Waals surface area contributed by atoms with Crippen LogP contribution in [0, 0.1) is 0 Å². The van der Waals surface area contributed by atoms with Crippen LogP contribution in [0.1, 0.15) is 0 Å². The lowest BCUT2D eigenvalue weighted by Gasteiger charge is -2.08. The lowest BCUT2D eigenvalue weighted by molar-refractivity contribution is 0.473. The van der Waals surface area contributed by atoms with Gasteiger partial charge in [0, 0.05) is 0 Å². The lowest BCUT2D eigenvalue weighted by Crippen LogP contribution is -2.28. The van der Waals surface area contributed by atoms with Crippen molar-refractivity contribution in [3.8, 4) is 0 Å². The lowest BCUT2D eigenvalue weighted by atomic mass is 10.3. The SMILES string of the molecule is O=S(=O)(O)NNc1cc(S(=O)(=O)O)ccc1Cl. The maximum atomic E-state index is 10.8. The fraction of sp³-hybridized carbons (Fsp3) is 0. The van der Waals surface area contributed by atoms with Gasteiger partial charge in [0.2, 0.25) is 0 Å². The maximum absolute atomic E-state index is 10.8. The van der Waals surface area contributed by atoms with Gasteiger partial charge in [0.15, 0.2) is 0 Å². The van der Waals surface area contributed by atoms with Gasteiger partial charge in [0.25, 0.3) is 10.1 Å². The first-order valence-electron chi connectivity index (χ1n) is 3.87. The van der Waals surface area contributed by atoms with E-state index in [1.807, 2.05) is 5.43 Å². The highest BCUT2D eigenvalue weighted by Crippen LogP contribution is 2.24. The van der Waals surface area contributed by atoms with E-state index in [0.717, 1.165) is 18.2 Å². The first-order chi connectivity index (χ1) is 7.59. The molecule has 8 nitrogen and oxygen atoms in total. The molecule has 0 saturated carbocycles. The summed E-state index contributed by atoms with van der Waals surface area (Å²) in [5, 5.41) is -0.0199. The Labute approximate surface area is 102 Å². The van der Waals surface area contributed by atoms with Gasteiger partial charge in [-0.25, -0.2) is 0 Å². The molecule has 17 heavy (non-hydrogen) atoms. The molecule has 0 aliphatic heterocycles. The molecular formula is C6H7ClN2O6S2. The normalized spacial score (nSPS) is 12.4. The van der Waals surface area contributed by atoms with Gasteiger partial charge in [-0.05, 0) is 18.2 Å². The first-order valence-corrected chi connectivity index (χ1v) is 7.13. The summed E-state index contributed by atoms with van der Waals surface area (Å²) in [5.41, 5.74) is 1.82. The van der Waals surface area contributed by atoms with E-state index in [1.165, 1.54) is 4.83 Å². The molecule has 0 bridgehead atoms. The highest BCUT2D eigenvalue weighted by atomic mass is 35.5. The van der Waals surface area contributed by atoms with Crippen LogP contribution in [-0.4, -0.2) is 25.9 Å². The Morgan fingerprint density at radius 3 is 2.18 bits per heavy atom. The third kappa shape index (κ3) is 4.46. The van der Waals surface area contributed by atoms with Gasteiger partial charge in [-0.1, -0.05) is 11.6 Å². The van der Waals surface area contributed by atoms with Gasteiger partial charge in [0.05, 0.1) is 15.6 Å². The second kappa shape index (κ2) is 4.76. The zero-order chi connectivity index (χ0) is 13.3. The molecule has 1 aromatic rings. The monoisotopic (exact) mass is 302 g/mol. The number of hydrogen-bond donors (Lipinski definition) is 4. The molecular weight excluding hydrogens is 296 g/mol. The standard InChI is InChI=1S/C6H7ClN2O6S2/c7-5-2-1-4(16(10,11)12)3-6(5)8-9-17(13,14)15/h1-3,8-9H,(H,10,11,12)(H,13,14,15). The van der Waals surface area contributed by atoms with Crippen LogP contribution in [0.2, 0.25) is 5.02 Å². The molecule has 11 heteroatoms. The fourth-order valence-corrected chi connectivity index (χ4v) is 1.79. The average Bonchev–Trinajstić information content (AvgIpc) is 2.13. The Morgan fingerprint density at radius 1 is 1.12 bits per heavy atom. The number of hydrogen-bond acceptors (Lipinski definition) is 5. The topological polar surface area (TPSA) is 133 Å². The van der Waals surface area contributed by atoms with Crippen LogP contribution in [0.3, 0.4) is 0 Å². The average molecular weight is 303 g/mol. The first kappa shape index (κ1) is 14.2. The van der Waals surface area contributed by atoms with Crippen molar-refractivity contribution in [2.45, 2.75) is 4.90 Å². The van der Waals surface area contributed by atoms with E-state index in [4.69, 9.17) is 20.7 Å². The van der Waals surface area contributed by atoms with Crippen LogP contribution >= 0.6 is 11.6 Å². The molecule has 0 unspecified atom stereocenters. The fourth-order valence-electron chi connectivity index (χ4n) is 0.880. The largest absolute Gasteiger partial charge is 0.350 e. The van der Waals surface area contributed by atoms with Crippen LogP contribution in [0.5, 0.6) is 0 Å². The summed E-state index contributed by atoms with van der Waals surface area (Å²) in [6.07, 6.45) is 0. The Hall–Kier alpha value is -0.910. The molecule has 0 saturated heterocycles. The number of halogens is 1. The minimum Gasteiger partial charge on any atom is -0.305 e. The van der Waals surface area contributed by atoms with E-state index in [1.54, 1.807) is 0 Å². The summed E-state index contributed by atoms with van der Waals surface area (Å²) in [5.74, 6) is 0. The highest BCUT2D eigenvalue weighted by Gasteiger charge is 2.13. The van der Waals surface area contributed by atoms with Crippen molar-refractivity contribution in [1.82, 2.24) is 4.83 Å². The smallest absolute Gasteiger partial charge is 0.305 e. The molecule has 0 spiro atoms. The van der Waals surface area contributed by atoms with Gasteiger partial charge < -0.3 is 5.43 Å². The van der Waals surface area contributed by atoms with Gasteiger partial charge in [-0.3, -0.25) is 9.11 Å². The zero-order valence-electron chi connectivity index (χ0n) is 7.95. The van der Waals surface area contributed by atoms with Crippen LogP contribution < -0.4 is 10.3 Å². The van der Waals surface area contributed by atoms with Crippen LogP contribution in [0.25, 0.3) is 0 Å². The molecule has 0 amide bonds. The van der Waals surface area contributed by atoms with E-state index in [9.17, 15) is 16.8 Å². The molecule has 0 atom stereocenters. The van der Waals surface area contributed by atoms with Crippen molar-refractivity contribution in [2.24, 2.45) is 0 Å². The van der Waals surface area contributed by atoms with Crippen LogP contribution in [0.15, 0.2) is 23.1 Å². The van der Waals surface area contributed by atoms with E-state index in [-0.39, 0.29) is 10.7 Å². The number of hydrazine groups is 1. The summed E-state index contributed by atoms with van der Waals surface area (Å²) in [4.78, 5) is 0.990. The predicted molar refractivity (Wildman–Crippen MR) is 59.6 cm³/mol. The summed E-state index contributed by atoms with van der Waals surface area (Å²) >= 11 is 5.62. The second-order valence-electron chi connectivity index (χ2n) is 2.82. The van der Waals surface area contributed by atoms with Gasteiger partial charge >= 0.3 is 10.3 Å². The van der Waals surface area contributed by atoms with Crippen molar-refractivity contribution in [1.29, 1.82) is 0 Å². The summed E-state index contributed by atoms with van der Waals surface area (Å²) in [6.45, 7) is 0. The second-order valence-corrected chi connectivity index (χ2v) is 5.80. The van der Waals surface area contributed by atoms with Crippen molar-refractivity contribution in [3.05, 3.63) is 23.2 Å². The van der Waals surface area contributed by atoms with E-state index >= 15 is 0 Å². The molecule has 0 radical (unpaired) electrons. The zero-order valence-corrected chi connectivity index (χ0v) is 10.3. The maximum Gasteiger partial charge on any atom is 0.350 e. The van der Waals surface area contributed by atoms with E-state index in [2.05, 4.69) is 0 Å². The number of anilines is 1. The van der Waals surface area contributed by atoms with E-state index in [0.29, 0.717) is 0 Å². The van der Waals surface area contributed by atoms with Crippen molar-refractivity contribution in [3.63, 3.8) is 0 Å². The molecule has 0 fully saturated rings. The Kier molecular flexibility index (Phi) is 3.96. The number of rotatable bonds is 4. The Morgan fingerprint density at radius 2 is 1.71 bits per heavy atom. The summed E-state index contributed by atoms with van der Waals surface area (Å²) in [7, 11) is -8.95. The van der Waals surface area contributed by atoms with Gasteiger partial charge in [0.1, 0.15) is 0 Å². The van der Waals surface area contributed by atoms with Crippen molar-refractivity contribution >= 4 is 37.7 Å². The highest BCUT2D eigenvalue weighted by molar-refractivity contribution is 7.85. The molecule has 0 aliphatic rings. The third-order valence-electron chi connectivity index (χ3n) is 1.55.